The van der Waals surface area contributed by atoms with Crippen molar-refractivity contribution in [1.82, 2.24) is 5.53 Å². The zero-order valence-corrected chi connectivity index (χ0v) is 6.52. The van der Waals surface area contributed by atoms with E-state index in [1.165, 1.54) is 12.1 Å². The molecule has 1 radical (unpaired) electrons. The molecule has 6 heteroatoms. The standard InChI is InChI=1S/C6H3ClN3O2/c7-5-3-4(10(11)12)1-2-6(5)9-8/h1-3H. The van der Waals surface area contributed by atoms with Crippen LogP contribution < -0.4 is 5.53 Å². The minimum atomic E-state index is -0.576. The fourth-order valence-corrected chi connectivity index (χ4v) is 0.903. The van der Waals surface area contributed by atoms with E-state index in [0.29, 0.717) is 0 Å². The van der Waals surface area contributed by atoms with E-state index in [2.05, 4.69) is 5.11 Å². The molecule has 61 valence electrons. The summed E-state index contributed by atoms with van der Waals surface area (Å²) in [4.78, 5) is 9.63. The zero-order chi connectivity index (χ0) is 9.14. The number of nitro groups is 1. The minimum Gasteiger partial charge on any atom is -0.258 e. The second-order valence-electron chi connectivity index (χ2n) is 1.99. The molecule has 0 aliphatic carbocycles. The average Bonchev–Trinajstić information content (AvgIpc) is 2.04. The molecule has 0 fully saturated rings. The maximum absolute atomic E-state index is 10.2. The predicted molar refractivity (Wildman–Crippen MR) is 42.3 cm³/mol. The Labute approximate surface area is 72.6 Å². The van der Waals surface area contributed by atoms with Gasteiger partial charge in [0.25, 0.3) is 5.69 Å². The van der Waals surface area contributed by atoms with Gasteiger partial charge in [0.2, 0.25) is 0 Å². The molecule has 0 N–H and O–H groups in total. The highest BCUT2D eigenvalue weighted by atomic mass is 35.5. The van der Waals surface area contributed by atoms with Gasteiger partial charge in [0, 0.05) is 12.1 Å². The van der Waals surface area contributed by atoms with E-state index in [9.17, 15) is 10.1 Å². The van der Waals surface area contributed by atoms with Crippen LogP contribution in [-0.4, -0.2) is 4.92 Å². The van der Waals surface area contributed by atoms with Gasteiger partial charge in [0.1, 0.15) is 5.69 Å². The van der Waals surface area contributed by atoms with E-state index < -0.39 is 4.92 Å². The van der Waals surface area contributed by atoms with Gasteiger partial charge in [0.15, 0.2) is 0 Å². The average molecular weight is 185 g/mol. The Bertz CT molecular complexity index is 340. The number of rotatable bonds is 2. The highest BCUT2D eigenvalue weighted by Gasteiger charge is 2.08. The van der Waals surface area contributed by atoms with E-state index in [4.69, 9.17) is 17.1 Å². The SMILES string of the molecule is [N]=Nc1ccc([N+](=O)[O-])cc1Cl. The lowest BCUT2D eigenvalue weighted by atomic mass is 10.3. The van der Waals surface area contributed by atoms with Crippen molar-refractivity contribution in [2.75, 3.05) is 0 Å². The Morgan fingerprint density at radius 3 is 2.67 bits per heavy atom. The molecule has 0 aliphatic heterocycles. The van der Waals surface area contributed by atoms with E-state index in [1.54, 1.807) is 0 Å². The first-order chi connectivity index (χ1) is 5.65. The molecule has 1 rings (SSSR count). The molecule has 0 bridgehead atoms. The van der Waals surface area contributed by atoms with Gasteiger partial charge >= 0.3 is 0 Å². The molecule has 12 heavy (non-hydrogen) atoms. The third-order valence-electron chi connectivity index (χ3n) is 1.25. The molecule has 0 amide bonds. The number of nitro benzene ring substituents is 1. The van der Waals surface area contributed by atoms with Crippen molar-refractivity contribution < 1.29 is 4.92 Å². The Kier molecular flexibility index (Phi) is 2.35. The summed E-state index contributed by atoms with van der Waals surface area (Å²) in [6.45, 7) is 0. The normalized spacial score (nSPS) is 9.42. The molecule has 1 aromatic rings. The monoisotopic (exact) mass is 184 g/mol. The van der Waals surface area contributed by atoms with Gasteiger partial charge in [-0.05, 0) is 11.6 Å². The van der Waals surface area contributed by atoms with Gasteiger partial charge in [-0.1, -0.05) is 11.6 Å². The second-order valence-corrected chi connectivity index (χ2v) is 2.40. The van der Waals surface area contributed by atoms with Crippen molar-refractivity contribution in [2.45, 2.75) is 0 Å². The summed E-state index contributed by atoms with van der Waals surface area (Å²) in [7, 11) is 0. The van der Waals surface area contributed by atoms with Crippen molar-refractivity contribution in [3.63, 3.8) is 0 Å². The third kappa shape index (κ3) is 1.57. The van der Waals surface area contributed by atoms with Crippen LogP contribution in [0.2, 0.25) is 5.02 Å². The molecular weight excluding hydrogens is 182 g/mol. The first-order valence-electron chi connectivity index (χ1n) is 2.94. The maximum atomic E-state index is 10.2. The van der Waals surface area contributed by atoms with Crippen molar-refractivity contribution >= 4 is 23.0 Å². The lowest BCUT2D eigenvalue weighted by molar-refractivity contribution is -0.384. The summed E-state index contributed by atoms with van der Waals surface area (Å²) >= 11 is 5.52. The lowest BCUT2D eigenvalue weighted by Gasteiger charge is -1.94. The molecule has 5 nitrogen and oxygen atoms in total. The molecule has 0 aromatic heterocycles. The van der Waals surface area contributed by atoms with Crippen molar-refractivity contribution in [3.8, 4) is 0 Å². The van der Waals surface area contributed by atoms with Crippen LogP contribution in [0.15, 0.2) is 23.3 Å². The molecule has 0 heterocycles. The molecule has 0 saturated carbocycles. The molecular formula is C6H3ClN3O2. The first-order valence-corrected chi connectivity index (χ1v) is 3.32. The van der Waals surface area contributed by atoms with E-state index >= 15 is 0 Å². The van der Waals surface area contributed by atoms with Crippen molar-refractivity contribution in [2.24, 2.45) is 5.11 Å². The minimum absolute atomic E-state index is 0.0479. The van der Waals surface area contributed by atoms with Gasteiger partial charge in [-0.2, -0.15) is 0 Å². The fourth-order valence-electron chi connectivity index (χ4n) is 0.690. The topological polar surface area (TPSA) is 77.8 Å². The first kappa shape index (κ1) is 8.61. The van der Waals surface area contributed by atoms with Crippen LogP contribution in [0.5, 0.6) is 0 Å². The van der Waals surface area contributed by atoms with E-state index in [1.807, 2.05) is 0 Å². The van der Waals surface area contributed by atoms with Gasteiger partial charge in [-0.25, -0.2) is 0 Å². The van der Waals surface area contributed by atoms with Gasteiger partial charge in [0.05, 0.1) is 9.95 Å². The highest BCUT2D eigenvalue weighted by Crippen LogP contribution is 2.27. The fraction of sp³-hybridized carbons (Fsp3) is 0. The Morgan fingerprint density at radius 1 is 1.58 bits per heavy atom. The van der Waals surface area contributed by atoms with Crippen LogP contribution in [0, 0.1) is 10.1 Å². The number of halogens is 1. The van der Waals surface area contributed by atoms with Crippen LogP contribution in [-0.2, 0) is 0 Å². The zero-order valence-electron chi connectivity index (χ0n) is 5.77. The quantitative estimate of drug-likeness (QED) is 0.401. The molecule has 0 saturated heterocycles. The van der Waals surface area contributed by atoms with Gasteiger partial charge in [-0.3, -0.25) is 10.1 Å². The highest BCUT2D eigenvalue weighted by molar-refractivity contribution is 6.33. The smallest absolute Gasteiger partial charge is 0.258 e. The Morgan fingerprint density at radius 2 is 2.25 bits per heavy atom. The van der Waals surface area contributed by atoms with Crippen molar-refractivity contribution in [1.29, 1.82) is 0 Å². The molecule has 0 aliphatic rings. The summed E-state index contributed by atoms with van der Waals surface area (Å²) in [6, 6.07) is 3.60. The summed E-state index contributed by atoms with van der Waals surface area (Å²) in [5.41, 5.74) is 8.30. The van der Waals surface area contributed by atoms with Crippen LogP contribution in [0.3, 0.4) is 0 Å². The molecule has 0 atom stereocenters. The van der Waals surface area contributed by atoms with Crippen LogP contribution >= 0.6 is 11.6 Å². The Balaban J connectivity index is 3.18. The van der Waals surface area contributed by atoms with E-state index in [-0.39, 0.29) is 16.4 Å². The Hall–Kier alpha value is -1.49. The number of hydrogen-bond donors (Lipinski definition) is 0. The van der Waals surface area contributed by atoms with Gasteiger partial charge in [-0.15, -0.1) is 5.11 Å². The maximum Gasteiger partial charge on any atom is 0.271 e. The van der Waals surface area contributed by atoms with E-state index in [0.717, 1.165) is 6.07 Å². The number of hydrogen-bond acceptors (Lipinski definition) is 3. The van der Waals surface area contributed by atoms with Gasteiger partial charge < -0.3 is 0 Å². The molecule has 0 spiro atoms. The lowest BCUT2D eigenvalue weighted by Crippen LogP contribution is -1.86. The van der Waals surface area contributed by atoms with Crippen LogP contribution in [0.25, 0.3) is 0 Å². The number of non-ortho nitro benzene ring substituents is 1. The number of nitrogens with zero attached hydrogens (tertiary/aromatic N) is 3. The van der Waals surface area contributed by atoms with Crippen LogP contribution in [0.1, 0.15) is 0 Å². The molecule has 0 unspecified atom stereocenters. The second kappa shape index (κ2) is 3.27. The summed E-state index contributed by atoms with van der Waals surface area (Å²) in [6.07, 6.45) is 0. The predicted octanol–water partition coefficient (Wildman–Crippen LogP) is 2.13. The molecule has 1 aromatic carbocycles. The summed E-state index contributed by atoms with van der Waals surface area (Å²) in [5, 5.41) is 13.1. The summed E-state index contributed by atoms with van der Waals surface area (Å²) < 4.78 is 0. The van der Waals surface area contributed by atoms with Crippen molar-refractivity contribution in [3.05, 3.63) is 33.3 Å². The third-order valence-corrected chi connectivity index (χ3v) is 1.55. The largest absolute Gasteiger partial charge is 0.271 e. The number of benzene rings is 1. The van der Waals surface area contributed by atoms with Crippen LogP contribution in [0.4, 0.5) is 11.4 Å². The summed E-state index contributed by atoms with van der Waals surface area (Å²) in [5.74, 6) is 0.